The summed E-state index contributed by atoms with van der Waals surface area (Å²) in [4.78, 5) is 7.47. The van der Waals surface area contributed by atoms with E-state index in [2.05, 4.69) is 19.5 Å². The third-order valence-electron chi connectivity index (χ3n) is 0.975. The molecule has 0 aromatic heterocycles. The molecule has 5 heteroatoms. The molecule has 0 bridgehead atoms. The quantitative estimate of drug-likeness (QED) is 0.526. The van der Waals surface area contributed by atoms with E-state index in [4.69, 9.17) is 0 Å². The number of hydrogen-bond donors (Lipinski definition) is 0. The van der Waals surface area contributed by atoms with Crippen molar-refractivity contribution < 1.29 is 26.5 Å². The van der Waals surface area contributed by atoms with Crippen molar-refractivity contribution in [3.05, 3.63) is 0 Å². The number of aliphatic imine (C=N–C) groups is 2. The molecular weight excluding hydrogens is 196 g/mol. The smallest absolute Gasteiger partial charge is 0.169 e. The fraction of sp³-hybridized carbons (Fsp3) is 0.667. The van der Waals surface area contributed by atoms with Gasteiger partial charge in [-0.2, -0.15) is 0 Å². The van der Waals surface area contributed by atoms with E-state index >= 15 is 0 Å². The van der Waals surface area contributed by atoms with Crippen LogP contribution in [0.2, 0.25) is 0 Å². The van der Waals surface area contributed by atoms with Crippen LogP contribution < -0.4 is 0 Å². The van der Waals surface area contributed by atoms with Crippen LogP contribution in [0.1, 0.15) is 0 Å². The Labute approximate surface area is 76.2 Å². The Kier molecular flexibility index (Phi) is 7.19. The van der Waals surface area contributed by atoms with E-state index in [1.807, 2.05) is 0 Å². The first kappa shape index (κ1) is 10.5. The molecule has 2 aliphatic heterocycles. The molecule has 1 radical (unpaired) electrons. The second-order valence-corrected chi connectivity index (χ2v) is 1.76. The Morgan fingerprint density at radius 2 is 1.36 bits per heavy atom. The zero-order valence-electron chi connectivity index (χ0n) is 6.00. The molecule has 0 fully saturated rings. The average molecular weight is 206 g/mol. The molecule has 67 valence electrons. The predicted octanol–water partition coefficient (Wildman–Crippen LogP) is 0.0873. The van der Waals surface area contributed by atoms with Gasteiger partial charge in [-0.05, 0) is 0 Å². The Morgan fingerprint density at radius 1 is 0.909 bits per heavy atom. The standard InChI is InChI=1S/2C3H5NO.Cu/c2*1-2-5-3-4-1;/h2*3H,1-2H2;. The van der Waals surface area contributed by atoms with Gasteiger partial charge in [0.05, 0.1) is 13.1 Å². The van der Waals surface area contributed by atoms with E-state index in [-0.39, 0.29) is 17.1 Å². The summed E-state index contributed by atoms with van der Waals surface area (Å²) >= 11 is 0. The van der Waals surface area contributed by atoms with Crippen LogP contribution in [-0.2, 0) is 26.5 Å². The van der Waals surface area contributed by atoms with Crippen LogP contribution in [0.4, 0.5) is 0 Å². The monoisotopic (exact) mass is 205 g/mol. The SMILES string of the molecule is C1=NCCO1.C1=NCCO1.[Cu]. The van der Waals surface area contributed by atoms with E-state index in [9.17, 15) is 0 Å². The van der Waals surface area contributed by atoms with Crippen LogP contribution in [0.15, 0.2) is 9.98 Å². The van der Waals surface area contributed by atoms with Gasteiger partial charge in [-0.25, -0.2) is 0 Å². The summed E-state index contributed by atoms with van der Waals surface area (Å²) in [5, 5.41) is 0. The summed E-state index contributed by atoms with van der Waals surface area (Å²) < 4.78 is 9.31. The first-order chi connectivity index (χ1) is 5.00. The topological polar surface area (TPSA) is 43.2 Å². The summed E-state index contributed by atoms with van der Waals surface area (Å²) in [6.45, 7) is 3.25. The molecule has 0 saturated carbocycles. The molecule has 2 heterocycles. The molecule has 0 saturated heterocycles. The second kappa shape index (κ2) is 7.57. The van der Waals surface area contributed by atoms with Crippen LogP contribution in [0.5, 0.6) is 0 Å². The van der Waals surface area contributed by atoms with Crippen LogP contribution in [0.25, 0.3) is 0 Å². The number of hydrogen-bond acceptors (Lipinski definition) is 4. The first-order valence-electron chi connectivity index (χ1n) is 3.20. The van der Waals surface area contributed by atoms with E-state index in [0.717, 1.165) is 26.3 Å². The van der Waals surface area contributed by atoms with Crippen molar-refractivity contribution in [3.63, 3.8) is 0 Å². The molecule has 0 atom stereocenters. The molecule has 0 unspecified atom stereocenters. The molecule has 2 aliphatic rings. The maximum Gasteiger partial charge on any atom is 0.169 e. The van der Waals surface area contributed by atoms with Gasteiger partial charge in [0.1, 0.15) is 13.2 Å². The van der Waals surface area contributed by atoms with Crippen LogP contribution in [-0.4, -0.2) is 39.1 Å². The Hall–Kier alpha value is -0.541. The summed E-state index contributed by atoms with van der Waals surface area (Å²) in [7, 11) is 0. The molecule has 2 rings (SSSR count). The molecule has 0 spiro atoms. The zero-order chi connectivity index (χ0) is 7.07. The maximum atomic E-state index is 4.65. The second-order valence-electron chi connectivity index (χ2n) is 1.76. The van der Waals surface area contributed by atoms with Gasteiger partial charge in [-0.3, -0.25) is 9.98 Å². The molecule has 4 nitrogen and oxygen atoms in total. The maximum absolute atomic E-state index is 4.65. The molecule has 0 aliphatic carbocycles. The number of rotatable bonds is 0. The van der Waals surface area contributed by atoms with E-state index in [0.29, 0.717) is 0 Å². The molecule has 0 aromatic rings. The minimum absolute atomic E-state index is 0. The number of ether oxygens (including phenoxy) is 2. The minimum Gasteiger partial charge on any atom is -0.482 e. The van der Waals surface area contributed by atoms with Crippen molar-refractivity contribution in [1.29, 1.82) is 0 Å². The fourth-order valence-electron chi connectivity index (χ4n) is 0.527. The van der Waals surface area contributed by atoms with Gasteiger partial charge in [0, 0.05) is 17.1 Å². The van der Waals surface area contributed by atoms with Gasteiger partial charge in [-0.1, -0.05) is 0 Å². The summed E-state index contributed by atoms with van der Waals surface area (Å²) in [6.07, 6.45) is 2.97. The Balaban J connectivity index is 0.000000167. The summed E-state index contributed by atoms with van der Waals surface area (Å²) in [6, 6.07) is 0. The first-order valence-corrected chi connectivity index (χ1v) is 3.20. The van der Waals surface area contributed by atoms with Gasteiger partial charge < -0.3 is 9.47 Å². The third kappa shape index (κ3) is 5.88. The molecular formula is C6H10CuN2O2. The van der Waals surface area contributed by atoms with Gasteiger partial charge in [0.25, 0.3) is 0 Å². The normalized spacial score (nSPS) is 17.5. The molecule has 0 amide bonds. The van der Waals surface area contributed by atoms with Crippen LogP contribution in [0.3, 0.4) is 0 Å². The molecule has 0 aromatic carbocycles. The van der Waals surface area contributed by atoms with Gasteiger partial charge in [0.2, 0.25) is 0 Å². The predicted molar refractivity (Wildman–Crippen MR) is 38.6 cm³/mol. The van der Waals surface area contributed by atoms with Gasteiger partial charge in [0.15, 0.2) is 12.8 Å². The Bertz CT molecular complexity index is 111. The van der Waals surface area contributed by atoms with Gasteiger partial charge >= 0.3 is 0 Å². The van der Waals surface area contributed by atoms with E-state index < -0.39 is 0 Å². The fourth-order valence-corrected chi connectivity index (χ4v) is 0.527. The van der Waals surface area contributed by atoms with E-state index in [1.165, 1.54) is 12.8 Å². The largest absolute Gasteiger partial charge is 0.482 e. The van der Waals surface area contributed by atoms with Crippen LogP contribution in [0, 0.1) is 0 Å². The summed E-state index contributed by atoms with van der Waals surface area (Å²) in [5.74, 6) is 0. The van der Waals surface area contributed by atoms with Gasteiger partial charge in [-0.15, -0.1) is 0 Å². The van der Waals surface area contributed by atoms with Crippen molar-refractivity contribution in [2.75, 3.05) is 26.3 Å². The van der Waals surface area contributed by atoms with Crippen LogP contribution >= 0.6 is 0 Å². The molecule has 11 heavy (non-hydrogen) atoms. The zero-order valence-corrected chi connectivity index (χ0v) is 6.94. The van der Waals surface area contributed by atoms with Crippen molar-refractivity contribution >= 4 is 12.8 Å². The van der Waals surface area contributed by atoms with Crippen molar-refractivity contribution in [2.45, 2.75) is 0 Å². The van der Waals surface area contributed by atoms with Crippen molar-refractivity contribution in [3.8, 4) is 0 Å². The van der Waals surface area contributed by atoms with Crippen molar-refractivity contribution in [2.24, 2.45) is 9.98 Å². The third-order valence-corrected chi connectivity index (χ3v) is 0.975. The minimum atomic E-state index is 0. The average Bonchev–Trinajstić information content (AvgIpc) is 2.67. The number of nitrogens with zero attached hydrogens (tertiary/aromatic N) is 2. The molecule has 0 N–H and O–H groups in total. The Morgan fingerprint density at radius 3 is 1.45 bits per heavy atom. The van der Waals surface area contributed by atoms with Crippen molar-refractivity contribution in [1.82, 2.24) is 0 Å². The van der Waals surface area contributed by atoms with E-state index in [1.54, 1.807) is 0 Å². The summed E-state index contributed by atoms with van der Waals surface area (Å²) in [5.41, 5.74) is 0.